The molecule has 1 N–H and O–H groups in total. The predicted octanol–water partition coefficient (Wildman–Crippen LogP) is 2.63. The van der Waals surface area contributed by atoms with Crippen molar-refractivity contribution < 1.29 is 19.1 Å². The molecule has 6 heteroatoms. The molecule has 1 aromatic rings. The third-order valence-corrected chi connectivity index (χ3v) is 4.03. The molecule has 1 aliphatic heterocycles. The van der Waals surface area contributed by atoms with Gasteiger partial charge in [0.05, 0.1) is 19.8 Å². The average molecular weight is 360 g/mol. The minimum atomic E-state index is -0.290. The Bertz CT molecular complexity index is 637. The predicted molar refractivity (Wildman–Crippen MR) is 101 cm³/mol. The molecule has 1 heterocycles. The van der Waals surface area contributed by atoms with Crippen LogP contribution in [0.2, 0.25) is 0 Å². The van der Waals surface area contributed by atoms with E-state index < -0.39 is 0 Å². The van der Waals surface area contributed by atoms with Crippen LogP contribution >= 0.6 is 0 Å². The van der Waals surface area contributed by atoms with Crippen LogP contribution in [-0.2, 0) is 9.59 Å². The lowest BCUT2D eigenvalue weighted by Gasteiger charge is -2.14. The van der Waals surface area contributed by atoms with Gasteiger partial charge in [0.25, 0.3) is 0 Å². The maximum Gasteiger partial charge on any atom is 0.244 e. The average Bonchev–Trinajstić information content (AvgIpc) is 3.18. The molecule has 0 aromatic heterocycles. The molecule has 6 nitrogen and oxygen atoms in total. The molecule has 1 aromatic carbocycles. The fourth-order valence-electron chi connectivity index (χ4n) is 2.70. The molecule has 1 aliphatic rings. The molecule has 1 saturated heterocycles. The normalized spacial score (nSPS) is 13.8. The fourth-order valence-corrected chi connectivity index (χ4v) is 2.70. The fraction of sp³-hybridized carbons (Fsp3) is 0.500. The number of amides is 2. The quantitative estimate of drug-likeness (QED) is 0.688. The van der Waals surface area contributed by atoms with Crippen molar-refractivity contribution in [1.82, 2.24) is 10.2 Å². The Labute approximate surface area is 155 Å². The van der Waals surface area contributed by atoms with Crippen LogP contribution in [0.15, 0.2) is 24.3 Å². The summed E-state index contributed by atoms with van der Waals surface area (Å²) in [7, 11) is 0. The molecule has 0 spiro atoms. The van der Waals surface area contributed by atoms with Gasteiger partial charge in [-0.05, 0) is 50.0 Å². The number of carbonyl (C=O) groups excluding carboxylic acids is 2. The number of hydrogen-bond donors (Lipinski definition) is 1. The van der Waals surface area contributed by atoms with Crippen molar-refractivity contribution in [3.8, 4) is 11.5 Å². The van der Waals surface area contributed by atoms with Gasteiger partial charge in [0.2, 0.25) is 11.8 Å². The van der Waals surface area contributed by atoms with Crippen molar-refractivity contribution in [3.05, 3.63) is 29.8 Å². The van der Waals surface area contributed by atoms with Gasteiger partial charge in [-0.1, -0.05) is 13.0 Å². The zero-order valence-electron chi connectivity index (χ0n) is 15.6. The highest BCUT2D eigenvalue weighted by Gasteiger charge is 2.17. The molecule has 0 unspecified atom stereocenters. The number of ether oxygens (including phenoxy) is 2. The van der Waals surface area contributed by atoms with Crippen molar-refractivity contribution in [2.75, 3.05) is 32.8 Å². The number of nitrogens with zero attached hydrogens (tertiary/aromatic N) is 1. The molecule has 0 saturated carbocycles. The first-order valence-electron chi connectivity index (χ1n) is 9.27. The van der Waals surface area contributed by atoms with Gasteiger partial charge in [-0.2, -0.15) is 0 Å². The standard InChI is InChI=1S/C20H28N2O4/c1-3-13-26-17-9-7-16(14-18(17)25-4-2)8-10-19(23)21-15-20(24)22-11-5-6-12-22/h7-10,14H,3-6,11-13,15H2,1-2H3,(H,21,23)/b10-8+. The lowest BCUT2D eigenvalue weighted by molar-refractivity contribution is -0.131. The highest BCUT2D eigenvalue weighted by atomic mass is 16.5. The number of benzene rings is 1. The molecule has 142 valence electrons. The zero-order valence-corrected chi connectivity index (χ0v) is 15.6. The van der Waals surface area contributed by atoms with E-state index in [9.17, 15) is 9.59 Å². The topological polar surface area (TPSA) is 67.9 Å². The molecule has 1 fully saturated rings. The summed E-state index contributed by atoms with van der Waals surface area (Å²) in [5.74, 6) is 1.04. The number of likely N-dealkylation sites (tertiary alicyclic amines) is 1. The highest BCUT2D eigenvalue weighted by Crippen LogP contribution is 2.29. The maximum atomic E-state index is 11.9. The highest BCUT2D eigenvalue weighted by molar-refractivity contribution is 5.94. The van der Waals surface area contributed by atoms with E-state index in [0.717, 1.165) is 37.9 Å². The summed E-state index contributed by atoms with van der Waals surface area (Å²) in [5, 5.41) is 2.64. The summed E-state index contributed by atoms with van der Waals surface area (Å²) in [6, 6.07) is 5.55. The second kappa shape index (κ2) is 10.5. The summed E-state index contributed by atoms with van der Waals surface area (Å²) in [6.45, 7) is 6.74. The van der Waals surface area contributed by atoms with Crippen LogP contribution in [0.5, 0.6) is 11.5 Å². The molecular weight excluding hydrogens is 332 g/mol. The van der Waals surface area contributed by atoms with Crippen LogP contribution < -0.4 is 14.8 Å². The van der Waals surface area contributed by atoms with E-state index in [1.165, 1.54) is 6.08 Å². The van der Waals surface area contributed by atoms with E-state index in [4.69, 9.17) is 9.47 Å². The van der Waals surface area contributed by atoms with E-state index >= 15 is 0 Å². The van der Waals surface area contributed by atoms with Crippen molar-refractivity contribution in [2.45, 2.75) is 33.1 Å². The SMILES string of the molecule is CCCOc1ccc(/C=C/C(=O)NCC(=O)N2CCCC2)cc1OCC. The Hall–Kier alpha value is -2.50. The Morgan fingerprint density at radius 1 is 1.15 bits per heavy atom. The van der Waals surface area contributed by atoms with Gasteiger partial charge in [0, 0.05) is 19.2 Å². The smallest absolute Gasteiger partial charge is 0.244 e. The summed E-state index contributed by atoms with van der Waals surface area (Å²) in [4.78, 5) is 25.6. The molecule has 2 amide bonds. The van der Waals surface area contributed by atoms with Crippen molar-refractivity contribution >= 4 is 17.9 Å². The minimum Gasteiger partial charge on any atom is -0.490 e. The number of hydrogen-bond acceptors (Lipinski definition) is 4. The maximum absolute atomic E-state index is 11.9. The summed E-state index contributed by atoms with van der Waals surface area (Å²) < 4.78 is 11.3. The number of carbonyl (C=O) groups is 2. The zero-order chi connectivity index (χ0) is 18.8. The van der Waals surface area contributed by atoms with Crippen molar-refractivity contribution in [2.24, 2.45) is 0 Å². The van der Waals surface area contributed by atoms with Crippen LogP contribution in [0.25, 0.3) is 6.08 Å². The van der Waals surface area contributed by atoms with Crippen LogP contribution in [0.3, 0.4) is 0 Å². The van der Waals surface area contributed by atoms with Gasteiger partial charge in [0.1, 0.15) is 0 Å². The van der Waals surface area contributed by atoms with E-state index in [0.29, 0.717) is 24.7 Å². The molecule has 2 rings (SSSR count). The van der Waals surface area contributed by atoms with E-state index in [2.05, 4.69) is 5.32 Å². The second-order valence-corrected chi connectivity index (χ2v) is 6.13. The van der Waals surface area contributed by atoms with Crippen LogP contribution in [-0.4, -0.2) is 49.6 Å². The second-order valence-electron chi connectivity index (χ2n) is 6.13. The largest absolute Gasteiger partial charge is 0.490 e. The van der Waals surface area contributed by atoms with Gasteiger partial charge < -0.3 is 19.7 Å². The summed E-state index contributed by atoms with van der Waals surface area (Å²) >= 11 is 0. The molecule has 0 atom stereocenters. The Morgan fingerprint density at radius 2 is 1.92 bits per heavy atom. The van der Waals surface area contributed by atoms with Crippen LogP contribution in [0.1, 0.15) is 38.7 Å². The van der Waals surface area contributed by atoms with Crippen LogP contribution in [0.4, 0.5) is 0 Å². The van der Waals surface area contributed by atoms with Crippen molar-refractivity contribution in [3.63, 3.8) is 0 Å². The first-order chi connectivity index (χ1) is 12.6. The monoisotopic (exact) mass is 360 g/mol. The minimum absolute atomic E-state index is 0.0275. The van der Waals surface area contributed by atoms with Gasteiger partial charge in [-0.25, -0.2) is 0 Å². The number of nitrogens with one attached hydrogen (secondary N) is 1. The molecule has 0 aliphatic carbocycles. The molecular formula is C20H28N2O4. The lowest BCUT2D eigenvalue weighted by atomic mass is 10.2. The molecule has 0 bridgehead atoms. The Balaban J connectivity index is 1.90. The van der Waals surface area contributed by atoms with Gasteiger partial charge in [-0.3, -0.25) is 9.59 Å². The molecule has 0 radical (unpaired) electrons. The third kappa shape index (κ3) is 6.10. The summed E-state index contributed by atoms with van der Waals surface area (Å²) in [5.41, 5.74) is 0.832. The number of rotatable bonds is 9. The van der Waals surface area contributed by atoms with Gasteiger partial charge in [-0.15, -0.1) is 0 Å². The van der Waals surface area contributed by atoms with Crippen molar-refractivity contribution in [1.29, 1.82) is 0 Å². The van der Waals surface area contributed by atoms with Crippen LogP contribution in [0, 0.1) is 0 Å². The Morgan fingerprint density at radius 3 is 2.62 bits per heavy atom. The lowest BCUT2D eigenvalue weighted by Crippen LogP contribution is -2.38. The molecule has 26 heavy (non-hydrogen) atoms. The van der Waals surface area contributed by atoms with E-state index in [1.807, 2.05) is 32.0 Å². The first kappa shape index (κ1) is 19.8. The van der Waals surface area contributed by atoms with Gasteiger partial charge in [0.15, 0.2) is 11.5 Å². The third-order valence-electron chi connectivity index (χ3n) is 4.03. The van der Waals surface area contributed by atoms with E-state index in [-0.39, 0.29) is 18.4 Å². The first-order valence-corrected chi connectivity index (χ1v) is 9.27. The van der Waals surface area contributed by atoms with E-state index in [1.54, 1.807) is 11.0 Å². The Kier molecular flexibility index (Phi) is 7.99. The summed E-state index contributed by atoms with van der Waals surface area (Å²) in [6.07, 6.45) is 6.12. The van der Waals surface area contributed by atoms with Gasteiger partial charge >= 0.3 is 0 Å².